The third kappa shape index (κ3) is 1.82. The van der Waals surface area contributed by atoms with Gasteiger partial charge in [0.1, 0.15) is 0 Å². The quantitative estimate of drug-likeness (QED) is 0.854. The molecule has 2 heterocycles. The molecule has 0 amide bonds. The summed E-state index contributed by atoms with van der Waals surface area (Å²) in [7, 11) is 1.61. The normalized spacial score (nSPS) is 14.7. The Kier molecular flexibility index (Phi) is 3.05. The summed E-state index contributed by atoms with van der Waals surface area (Å²) in [5, 5.41) is 2.72. The minimum Gasteiger partial charge on any atom is -0.481 e. The molecule has 22 heavy (non-hydrogen) atoms. The Morgan fingerprint density at radius 1 is 1.32 bits per heavy atom. The van der Waals surface area contributed by atoms with E-state index in [1.807, 2.05) is 18.3 Å². The molecule has 0 atom stereocenters. The first-order chi connectivity index (χ1) is 10.7. The lowest BCUT2D eigenvalue weighted by molar-refractivity contribution is 0.397. The summed E-state index contributed by atoms with van der Waals surface area (Å²) in [6, 6.07) is 5.99. The molecule has 1 aliphatic heterocycles. The van der Waals surface area contributed by atoms with Crippen LogP contribution in [0, 0.1) is 0 Å². The highest BCUT2D eigenvalue weighted by atomic mass is 35.5. The minimum atomic E-state index is 0.580. The maximum Gasteiger partial charge on any atom is 0.215 e. The molecule has 3 nitrogen and oxygen atoms in total. The summed E-state index contributed by atoms with van der Waals surface area (Å²) in [4.78, 5) is 9.05. The van der Waals surface area contributed by atoms with E-state index in [0.29, 0.717) is 5.88 Å². The van der Waals surface area contributed by atoms with E-state index in [4.69, 9.17) is 21.3 Å². The summed E-state index contributed by atoms with van der Waals surface area (Å²) in [5.74, 6) is 0.580. The second kappa shape index (κ2) is 4.96. The number of allylic oxidation sites excluding steroid dienone is 2. The van der Waals surface area contributed by atoms with E-state index in [-0.39, 0.29) is 0 Å². The van der Waals surface area contributed by atoms with E-state index in [9.17, 15) is 0 Å². The van der Waals surface area contributed by atoms with Crippen molar-refractivity contribution in [3.05, 3.63) is 68.5 Å². The molecule has 1 aromatic carbocycles. The van der Waals surface area contributed by atoms with Gasteiger partial charge in [-0.15, -0.1) is 0 Å². The van der Waals surface area contributed by atoms with Crippen molar-refractivity contribution >= 4 is 17.2 Å². The third-order valence-corrected chi connectivity index (χ3v) is 4.64. The Morgan fingerprint density at radius 3 is 2.95 bits per heavy atom. The van der Waals surface area contributed by atoms with Gasteiger partial charge in [0.15, 0.2) is 0 Å². The molecular formula is C18H15ClN2O. The van der Waals surface area contributed by atoms with Gasteiger partial charge in [0.05, 0.1) is 18.2 Å². The maximum atomic E-state index is 6.53. The van der Waals surface area contributed by atoms with Gasteiger partial charge in [0.2, 0.25) is 5.88 Å². The molecule has 1 aliphatic carbocycles. The second-order valence-corrected chi connectivity index (χ2v) is 5.84. The van der Waals surface area contributed by atoms with Crippen LogP contribution in [0.15, 0.2) is 41.2 Å². The highest BCUT2D eigenvalue weighted by Crippen LogP contribution is 2.38. The van der Waals surface area contributed by atoms with Crippen LogP contribution in [-0.4, -0.2) is 12.1 Å². The van der Waals surface area contributed by atoms with E-state index >= 15 is 0 Å². The molecule has 2 aromatic rings. The van der Waals surface area contributed by atoms with Crippen LogP contribution in [0.3, 0.4) is 0 Å². The number of aromatic nitrogens is 1. The number of ether oxygens (including phenoxy) is 1. The molecular weight excluding hydrogens is 296 g/mol. The van der Waals surface area contributed by atoms with Crippen LogP contribution in [-0.2, 0) is 12.8 Å². The predicted molar refractivity (Wildman–Crippen MR) is 86.7 cm³/mol. The molecule has 0 fully saturated rings. The zero-order valence-corrected chi connectivity index (χ0v) is 13.2. The lowest BCUT2D eigenvalue weighted by Gasteiger charge is -2.20. The highest BCUT2D eigenvalue weighted by molar-refractivity contribution is 6.32. The fraction of sp³-hybridized carbons (Fsp3) is 0.222. The van der Waals surface area contributed by atoms with Crippen LogP contribution in [0.2, 0.25) is 5.02 Å². The van der Waals surface area contributed by atoms with E-state index < -0.39 is 0 Å². The number of rotatable bonds is 2. The van der Waals surface area contributed by atoms with E-state index in [1.165, 1.54) is 11.1 Å². The molecule has 4 rings (SSSR count). The van der Waals surface area contributed by atoms with Crippen molar-refractivity contribution in [2.75, 3.05) is 7.11 Å². The number of pyridine rings is 1. The highest BCUT2D eigenvalue weighted by Gasteiger charge is 2.25. The molecule has 0 unspecified atom stereocenters. The average molecular weight is 311 g/mol. The standard InChI is InChI=1S/C18H15ClN2O/c1-3-10-4-6-13(19)17-11(10)5-7-14-18(17)12-9-20-16(22-2)8-15(12)21-14/h4,6-9H,3,5H2,1-2H3. The van der Waals surface area contributed by atoms with E-state index in [1.54, 1.807) is 7.11 Å². The van der Waals surface area contributed by atoms with Crippen molar-refractivity contribution < 1.29 is 4.74 Å². The van der Waals surface area contributed by atoms with Crippen molar-refractivity contribution in [3.8, 4) is 5.88 Å². The Morgan fingerprint density at radius 2 is 2.18 bits per heavy atom. The first-order valence-electron chi connectivity index (χ1n) is 7.37. The van der Waals surface area contributed by atoms with E-state index in [0.717, 1.165) is 45.3 Å². The zero-order chi connectivity index (χ0) is 15.3. The summed E-state index contributed by atoms with van der Waals surface area (Å²) in [6.45, 7) is 2.17. The van der Waals surface area contributed by atoms with Gasteiger partial charge in [0, 0.05) is 33.6 Å². The molecule has 4 heteroatoms. The number of aryl methyl sites for hydroxylation is 1. The van der Waals surface area contributed by atoms with Gasteiger partial charge in [-0.3, -0.25) is 0 Å². The third-order valence-electron chi connectivity index (χ3n) is 4.32. The molecule has 1 aromatic heterocycles. The molecule has 0 spiro atoms. The van der Waals surface area contributed by atoms with Crippen LogP contribution in [0.1, 0.15) is 23.6 Å². The van der Waals surface area contributed by atoms with Gasteiger partial charge in [-0.05, 0) is 30.0 Å². The van der Waals surface area contributed by atoms with Crippen molar-refractivity contribution in [1.29, 1.82) is 0 Å². The second-order valence-electron chi connectivity index (χ2n) is 5.44. The predicted octanol–water partition coefficient (Wildman–Crippen LogP) is 2.58. The maximum absolute atomic E-state index is 6.53. The van der Waals surface area contributed by atoms with Gasteiger partial charge >= 0.3 is 0 Å². The smallest absolute Gasteiger partial charge is 0.215 e. The van der Waals surface area contributed by atoms with Gasteiger partial charge in [-0.2, -0.15) is 0 Å². The number of fused-ring (bicyclic) bond motifs is 4. The Labute approximate surface area is 133 Å². The summed E-state index contributed by atoms with van der Waals surface area (Å²) >= 11 is 6.53. The fourth-order valence-corrected chi connectivity index (χ4v) is 3.52. The largest absolute Gasteiger partial charge is 0.481 e. The minimum absolute atomic E-state index is 0.580. The lowest BCUT2D eigenvalue weighted by atomic mass is 9.86. The Hall–Kier alpha value is -2.13. The summed E-state index contributed by atoms with van der Waals surface area (Å²) in [6.07, 6.45) is 5.89. The first kappa shape index (κ1) is 13.5. The molecule has 0 N–H and O–H groups in total. The molecule has 2 aliphatic rings. The van der Waals surface area contributed by atoms with Gasteiger partial charge in [-0.1, -0.05) is 30.7 Å². The Balaban J connectivity index is 2.09. The number of nitrogens with zero attached hydrogens (tertiary/aromatic N) is 2. The molecule has 110 valence electrons. The van der Waals surface area contributed by atoms with Crippen LogP contribution < -0.4 is 15.3 Å². The average Bonchev–Trinajstić information content (AvgIpc) is 2.92. The summed E-state index contributed by atoms with van der Waals surface area (Å²) < 4.78 is 5.20. The molecule has 0 radical (unpaired) electrons. The zero-order valence-electron chi connectivity index (χ0n) is 12.5. The number of hydrogen-bond acceptors (Lipinski definition) is 3. The van der Waals surface area contributed by atoms with Crippen LogP contribution >= 0.6 is 11.6 Å². The number of hydrogen-bond donors (Lipinski definition) is 0. The lowest BCUT2D eigenvalue weighted by Crippen LogP contribution is -2.25. The molecule has 0 saturated carbocycles. The number of methoxy groups -OCH3 is 1. The van der Waals surface area contributed by atoms with Crippen LogP contribution in [0.4, 0.5) is 0 Å². The van der Waals surface area contributed by atoms with Crippen LogP contribution in [0.5, 0.6) is 5.88 Å². The Bertz CT molecular complexity index is 944. The van der Waals surface area contributed by atoms with Crippen molar-refractivity contribution in [1.82, 2.24) is 4.98 Å². The van der Waals surface area contributed by atoms with Crippen molar-refractivity contribution in [2.24, 2.45) is 4.99 Å². The van der Waals surface area contributed by atoms with Gasteiger partial charge in [-0.25, -0.2) is 9.98 Å². The number of halogens is 1. The monoisotopic (exact) mass is 310 g/mol. The van der Waals surface area contributed by atoms with Gasteiger partial charge < -0.3 is 4.74 Å². The number of benzene rings is 1. The van der Waals surface area contributed by atoms with E-state index in [2.05, 4.69) is 24.1 Å². The first-order valence-corrected chi connectivity index (χ1v) is 7.75. The van der Waals surface area contributed by atoms with Crippen molar-refractivity contribution in [3.63, 3.8) is 0 Å². The SMILES string of the molecule is CCc1ccc(Cl)c2c1CC=C1N=c3cc(OC)ncc3=C12. The van der Waals surface area contributed by atoms with Crippen molar-refractivity contribution in [2.45, 2.75) is 19.8 Å². The molecule has 0 bridgehead atoms. The summed E-state index contributed by atoms with van der Waals surface area (Å²) in [5.41, 5.74) is 5.87. The van der Waals surface area contributed by atoms with Crippen LogP contribution in [0.25, 0.3) is 5.57 Å². The van der Waals surface area contributed by atoms with Gasteiger partial charge in [0.25, 0.3) is 0 Å². The topological polar surface area (TPSA) is 34.5 Å². The fourth-order valence-electron chi connectivity index (χ4n) is 3.25. The molecule has 0 saturated heterocycles.